The summed E-state index contributed by atoms with van der Waals surface area (Å²) in [6.07, 6.45) is 0.979. The molecule has 0 aromatic heterocycles. The van der Waals surface area contributed by atoms with E-state index in [0.29, 0.717) is 0 Å². The zero-order valence-corrected chi connectivity index (χ0v) is 11.1. The number of benzene rings is 1. The molecule has 1 aromatic carbocycles. The molecule has 0 radical (unpaired) electrons. The monoisotopic (exact) mass is 222 g/mol. The maximum absolute atomic E-state index is 12.8. The van der Waals surface area contributed by atoms with E-state index < -0.39 is 0 Å². The molecule has 1 rings (SSSR count). The van der Waals surface area contributed by atoms with E-state index in [1.807, 2.05) is 6.92 Å². The van der Waals surface area contributed by atoms with E-state index in [1.54, 1.807) is 0 Å². The lowest BCUT2D eigenvalue weighted by Gasteiger charge is -2.26. The fraction of sp³-hybridized carbons (Fsp3) is 0.600. The van der Waals surface area contributed by atoms with Gasteiger partial charge in [-0.3, -0.25) is 4.39 Å². The second-order valence-electron chi connectivity index (χ2n) is 5.53. The van der Waals surface area contributed by atoms with Gasteiger partial charge in [0.25, 0.3) is 0 Å². The quantitative estimate of drug-likeness (QED) is 0.700. The summed E-state index contributed by atoms with van der Waals surface area (Å²) in [4.78, 5) is 0. The zero-order valence-electron chi connectivity index (χ0n) is 11.1. The Morgan fingerprint density at radius 2 is 1.88 bits per heavy atom. The lowest BCUT2D eigenvalue weighted by molar-refractivity contribution is 0.444. The van der Waals surface area contributed by atoms with Gasteiger partial charge < -0.3 is 0 Å². The van der Waals surface area contributed by atoms with Crippen molar-refractivity contribution in [3.05, 3.63) is 34.9 Å². The number of rotatable bonds is 3. The van der Waals surface area contributed by atoms with E-state index in [2.05, 4.69) is 45.9 Å². The van der Waals surface area contributed by atoms with Gasteiger partial charge in [-0.2, -0.15) is 0 Å². The molecule has 0 saturated carbocycles. The molecule has 0 amide bonds. The maximum atomic E-state index is 12.8. The minimum absolute atomic E-state index is 0.0113. The molecule has 0 fully saturated rings. The predicted octanol–water partition coefficient (Wildman–Crippen LogP) is 4.62. The van der Waals surface area contributed by atoms with Crippen LogP contribution in [0.4, 0.5) is 4.39 Å². The summed E-state index contributed by atoms with van der Waals surface area (Å²) < 4.78 is 12.8. The lowest BCUT2D eigenvalue weighted by atomic mass is 9.79. The van der Waals surface area contributed by atoms with Gasteiger partial charge in [-0.05, 0) is 28.5 Å². The Labute approximate surface area is 98.9 Å². The molecule has 0 spiro atoms. The van der Waals surface area contributed by atoms with Crippen LogP contribution in [0.3, 0.4) is 0 Å². The number of hydrogen-bond donors (Lipinski definition) is 0. The normalized spacial score (nSPS) is 13.9. The zero-order chi connectivity index (χ0) is 12.3. The third kappa shape index (κ3) is 2.63. The Hall–Kier alpha value is -0.850. The summed E-state index contributed by atoms with van der Waals surface area (Å²) in [7, 11) is 0. The summed E-state index contributed by atoms with van der Waals surface area (Å²) in [5.41, 5.74) is 4.00. The van der Waals surface area contributed by atoms with Crippen LogP contribution in [0.25, 0.3) is 0 Å². The van der Waals surface area contributed by atoms with Gasteiger partial charge in [0.05, 0.1) is 6.67 Å². The minimum atomic E-state index is -0.277. The van der Waals surface area contributed by atoms with Crippen LogP contribution in [0.5, 0.6) is 0 Å². The molecule has 16 heavy (non-hydrogen) atoms. The molecule has 0 saturated heterocycles. The predicted molar refractivity (Wildman–Crippen MR) is 68.9 cm³/mol. The van der Waals surface area contributed by atoms with Crippen molar-refractivity contribution in [3.63, 3.8) is 0 Å². The molecule has 90 valence electrons. The van der Waals surface area contributed by atoms with Crippen molar-refractivity contribution in [3.8, 4) is 0 Å². The first-order valence-electron chi connectivity index (χ1n) is 6.10. The smallest absolute Gasteiger partial charge is 0.0960 e. The Morgan fingerprint density at radius 1 is 1.25 bits per heavy atom. The van der Waals surface area contributed by atoms with Gasteiger partial charge in [-0.1, -0.05) is 52.8 Å². The molecule has 0 bridgehead atoms. The SMILES string of the molecule is CCc1c(C(C)CF)cccc1C(C)(C)C. The average Bonchev–Trinajstić information content (AvgIpc) is 2.25. The Bertz CT molecular complexity index is 347. The van der Waals surface area contributed by atoms with Crippen molar-refractivity contribution < 1.29 is 4.39 Å². The van der Waals surface area contributed by atoms with Crippen LogP contribution < -0.4 is 0 Å². The minimum Gasteiger partial charge on any atom is -0.250 e. The Balaban J connectivity index is 3.32. The van der Waals surface area contributed by atoms with Crippen LogP contribution in [0.2, 0.25) is 0 Å². The molecule has 1 unspecified atom stereocenters. The van der Waals surface area contributed by atoms with Crippen LogP contribution >= 0.6 is 0 Å². The molecule has 1 atom stereocenters. The topological polar surface area (TPSA) is 0 Å². The van der Waals surface area contributed by atoms with E-state index in [9.17, 15) is 4.39 Å². The van der Waals surface area contributed by atoms with Crippen LogP contribution in [-0.4, -0.2) is 6.67 Å². The molecule has 1 heteroatoms. The highest BCUT2D eigenvalue weighted by atomic mass is 19.1. The van der Waals surface area contributed by atoms with Crippen LogP contribution in [0.15, 0.2) is 18.2 Å². The van der Waals surface area contributed by atoms with E-state index in [-0.39, 0.29) is 18.0 Å². The fourth-order valence-corrected chi connectivity index (χ4v) is 2.25. The summed E-state index contributed by atoms with van der Waals surface area (Å²) in [6.45, 7) is 10.5. The standard InChI is InChI=1S/C15H23F/c1-6-12-13(11(2)10-16)8-7-9-14(12)15(3,4)5/h7-9,11H,6,10H2,1-5H3. The van der Waals surface area contributed by atoms with Gasteiger partial charge in [-0.25, -0.2) is 0 Å². The second-order valence-corrected chi connectivity index (χ2v) is 5.53. The van der Waals surface area contributed by atoms with Crippen molar-refractivity contribution in [1.82, 2.24) is 0 Å². The van der Waals surface area contributed by atoms with E-state index >= 15 is 0 Å². The van der Waals surface area contributed by atoms with E-state index in [4.69, 9.17) is 0 Å². The van der Waals surface area contributed by atoms with Crippen molar-refractivity contribution in [1.29, 1.82) is 0 Å². The maximum Gasteiger partial charge on any atom is 0.0960 e. The van der Waals surface area contributed by atoms with Gasteiger partial charge in [0.15, 0.2) is 0 Å². The van der Waals surface area contributed by atoms with Gasteiger partial charge >= 0.3 is 0 Å². The van der Waals surface area contributed by atoms with Gasteiger partial charge in [0.1, 0.15) is 0 Å². The first kappa shape index (κ1) is 13.2. The molecular formula is C15H23F. The molecule has 0 heterocycles. The molecule has 0 nitrogen and oxygen atoms in total. The number of hydrogen-bond acceptors (Lipinski definition) is 0. The highest BCUT2D eigenvalue weighted by Gasteiger charge is 2.20. The van der Waals surface area contributed by atoms with Gasteiger partial charge in [0, 0.05) is 5.92 Å². The summed E-state index contributed by atoms with van der Waals surface area (Å²) in [6, 6.07) is 6.30. The highest BCUT2D eigenvalue weighted by molar-refractivity contribution is 5.41. The average molecular weight is 222 g/mol. The van der Waals surface area contributed by atoms with E-state index in [0.717, 1.165) is 6.42 Å². The number of alkyl halides is 1. The van der Waals surface area contributed by atoms with Crippen LogP contribution in [-0.2, 0) is 11.8 Å². The van der Waals surface area contributed by atoms with Crippen LogP contribution in [0, 0.1) is 0 Å². The third-order valence-corrected chi connectivity index (χ3v) is 3.14. The summed E-state index contributed by atoms with van der Waals surface area (Å²) in [5, 5.41) is 0. The highest BCUT2D eigenvalue weighted by Crippen LogP contribution is 2.31. The first-order chi connectivity index (χ1) is 7.41. The largest absolute Gasteiger partial charge is 0.250 e. The molecule has 0 N–H and O–H groups in total. The summed E-state index contributed by atoms with van der Waals surface area (Å²) in [5.74, 6) is 0.0113. The van der Waals surface area contributed by atoms with Crippen molar-refractivity contribution in [2.45, 2.75) is 52.4 Å². The fourth-order valence-electron chi connectivity index (χ4n) is 2.25. The van der Waals surface area contributed by atoms with Gasteiger partial charge in [0.2, 0.25) is 0 Å². The molecule has 0 aliphatic carbocycles. The van der Waals surface area contributed by atoms with Crippen LogP contribution in [0.1, 0.15) is 57.2 Å². The Morgan fingerprint density at radius 3 is 2.31 bits per heavy atom. The molecular weight excluding hydrogens is 199 g/mol. The molecule has 0 aliphatic heterocycles. The lowest BCUT2D eigenvalue weighted by Crippen LogP contribution is -2.16. The molecule has 1 aromatic rings. The third-order valence-electron chi connectivity index (χ3n) is 3.14. The van der Waals surface area contributed by atoms with E-state index in [1.165, 1.54) is 16.7 Å². The first-order valence-corrected chi connectivity index (χ1v) is 6.10. The van der Waals surface area contributed by atoms with Crippen molar-refractivity contribution in [2.24, 2.45) is 0 Å². The van der Waals surface area contributed by atoms with Crippen molar-refractivity contribution >= 4 is 0 Å². The summed E-state index contributed by atoms with van der Waals surface area (Å²) >= 11 is 0. The van der Waals surface area contributed by atoms with Crippen molar-refractivity contribution in [2.75, 3.05) is 6.67 Å². The number of halogens is 1. The Kier molecular flexibility index (Phi) is 4.12. The van der Waals surface area contributed by atoms with Gasteiger partial charge in [-0.15, -0.1) is 0 Å². The second kappa shape index (κ2) is 4.99. The molecule has 0 aliphatic rings.